The minimum absolute atomic E-state index is 0.472. The van der Waals surface area contributed by atoms with Crippen LogP contribution in [0.5, 0.6) is 0 Å². The lowest BCUT2D eigenvalue weighted by molar-refractivity contribution is 0.555. The summed E-state index contributed by atoms with van der Waals surface area (Å²) in [7, 11) is 0. The van der Waals surface area contributed by atoms with Gasteiger partial charge in [-0.2, -0.15) is 4.98 Å². The Kier molecular flexibility index (Phi) is 4.80. The maximum absolute atomic E-state index is 11.3. The molecule has 0 saturated heterocycles. The van der Waals surface area contributed by atoms with Crippen LogP contribution in [0.25, 0.3) is 11.1 Å². The molecule has 0 aliphatic heterocycles. The van der Waals surface area contributed by atoms with Crippen LogP contribution >= 0.6 is 22.6 Å². The fourth-order valence-electron chi connectivity index (χ4n) is 2.94. The van der Waals surface area contributed by atoms with E-state index in [1.54, 1.807) is 18.3 Å². The van der Waals surface area contributed by atoms with Crippen molar-refractivity contribution in [3.8, 4) is 0 Å². The van der Waals surface area contributed by atoms with Gasteiger partial charge < -0.3 is 15.1 Å². The third-order valence-electron chi connectivity index (χ3n) is 4.35. The summed E-state index contributed by atoms with van der Waals surface area (Å²) in [5.41, 5.74) is 6.20. The number of oxazole rings is 1. The second-order valence-corrected chi connectivity index (χ2v) is 7.70. The van der Waals surface area contributed by atoms with Gasteiger partial charge in [0, 0.05) is 26.7 Å². The van der Waals surface area contributed by atoms with Crippen molar-refractivity contribution in [2.45, 2.75) is 20.8 Å². The van der Waals surface area contributed by atoms with Gasteiger partial charge in [-0.15, -0.1) is 0 Å². The van der Waals surface area contributed by atoms with Crippen molar-refractivity contribution in [3.05, 3.63) is 67.3 Å². The van der Waals surface area contributed by atoms with Gasteiger partial charge in [-0.1, -0.05) is 0 Å². The Morgan fingerprint density at radius 3 is 2.50 bits per heavy atom. The molecule has 0 amide bonds. The maximum atomic E-state index is 11.3. The molecule has 28 heavy (non-hydrogen) atoms. The Morgan fingerprint density at radius 2 is 1.75 bits per heavy atom. The van der Waals surface area contributed by atoms with Gasteiger partial charge in [-0.3, -0.25) is 4.98 Å². The van der Waals surface area contributed by atoms with Gasteiger partial charge in [-0.25, -0.2) is 9.78 Å². The van der Waals surface area contributed by atoms with Crippen molar-refractivity contribution in [2.75, 3.05) is 10.6 Å². The first-order valence-corrected chi connectivity index (χ1v) is 9.74. The largest absolute Gasteiger partial charge is 0.417 e. The van der Waals surface area contributed by atoms with E-state index < -0.39 is 5.76 Å². The molecule has 0 aliphatic carbocycles. The SMILES string of the molecule is Cc1cnc(Nc2cc(C)c(I)c(C)c2)nc1Nc1ccc2oc(=O)[nH]c2c1. The molecule has 0 radical (unpaired) electrons. The molecule has 2 aromatic heterocycles. The predicted octanol–water partition coefficient (Wildman–Crippen LogP) is 4.93. The van der Waals surface area contributed by atoms with Crippen LogP contribution in [0.1, 0.15) is 16.7 Å². The van der Waals surface area contributed by atoms with E-state index in [1.807, 2.05) is 13.0 Å². The van der Waals surface area contributed by atoms with E-state index in [-0.39, 0.29) is 0 Å². The number of fused-ring (bicyclic) bond motifs is 1. The summed E-state index contributed by atoms with van der Waals surface area (Å²) in [4.78, 5) is 23.0. The maximum Gasteiger partial charge on any atom is 0.417 e. The average Bonchev–Trinajstić information content (AvgIpc) is 3.02. The van der Waals surface area contributed by atoms with Crippen molar-refractivity contribution < 1.29 is 4.42 Å². The van der Waals surface area contributed by atoms with Crippen LogP contribution in [0.15, 0.2) is 45.7 Å². The normalized spacial score (nSPS) is 11.0. The van der Waals surface area contributed by atoms with Crippen LogP contribution in [-0.4, -0.2) is 15.0 Å². The lowest BCUT2D eigenvalue weighted by Crippen LogP contribution is -2.03. The molecule has 2 aromatic carbocycles. The standard InChI is InChI=1S/C20H18IN5O2/c1-10-6-14(7-11(2)17(10)21)24-19-22-9-12(3)18(26-19)23-13-4-5-16-15(8-13)25-20(27)28-16/h4-9H,1-3H3,(H,25,27)(H2,22,23,24,26). The zero-order valence-corrected chi connectivity index (χ0v) is 17.7. The van der Waals surface area contributed by atoms with E-state index in [2.05, 4.69) is 74.2 Å². The quantitative estimate of drug-likeness (QED) is 0.354. The molecule has 0 saturated carbocycles. The number of hydrogen-bond acceptors (Lipinski definition) is 6. The van der Waals surface area contributed by atoms with Crippen molar-refractivity contribution >= 4 is 56.8 Å². The number of benzene rings is 2. The zero-order valence-electron chi connectivity index (χ0n) is 15.6. The van der Waals surface area contributed by atoms with Crippen LogP contribution in [0.4, 0.5) is 23.1 Å². The van der Waals surface area contributed by atoms with Crippen LogP contribution in [-0.2, 0) is 0 Å². The third kappa shape index (κ3) is 3.72. The lowest BCUT2D eigenvalue weighted by Gasteiger charge is -2.12. The van der Waals surface area contributed by atoms with Crippen LogP contribution in [0, 0.1) is 24.3 Å². The van der Waals surface area contributed by atoms with Gasteiger partial charge in [0.2, 0.25) is 5.95 Å². The summed E-state index contributed by atoms with van der Waals surface area (Å²) in [6.07, 6.45) is 1.77. The van der Waals surface area contributed by atoms with Gasteiger partial charge in [0.25, 0.3) is 0 Å². The predicted molar refractivity (Wildman–Crippen MR) is 119 cm³/mol. The first-order valence-electron chi connectivity index (χ1n) is 8.66. The molecule has 0 atom stereocenters. The average molecular weight is 487 g/mol. The molecule has 4 aromatic rings. The lowest BCUT2D eigenvalue weighted by atomic mass is 10.1. The molecule has 3 N–H and O–H groups in total. The van der Waals surface area contributed by atoms with Gasteiger partial charge >= 0.3 is 5.76 Å². The Bertz CT molecular complexity index is 1220. The summed E-state index contributed by atoms with van der Waals surface area (Å²) in [6, 6.07) is 9.53. The molecule has 7 nitrogen and oxygen atoms in total. The highest BCUT2D eigenvalue weighted by Gasteiger charge is 2.08. The monoisotopic (exact) mass is 487 g/mol. The summed E-state index contributed by atoms with van der Waals surface area (Å²) < 4.78 is 6.29. The number of rotatable bonds is 4. The smallest absolute Gasteiger partial charge is 0.408 e. The number of hydrogen-bond donors (Lipinski definition) is 3. The highest BCUT2D eigenvalue weighted by Crippen LogP contribution is 2.25. The summed E-state index contributed by atoms with van der Waals surface area (Å²) in [6.45, 7) is 6.10. The molecule has 0 spiro atoms. The van der Waals surface area contributed by atoms with Crippen molar-refractivity contribution in [1.29, 1.82) is 0 Å². The van der Waals surface area contributed by atoms with Crippen LogP contribution < -0.4 is 16.4 Å². The van der Waals surface area contributed by atoms with E-state index in [0.717, 1.165) is 16.9 Å². The number of nitrogens with zero attached hydrogens (tertiary/aromatic N) is 2. The molecule has 0 aliphatic rings. The van der Waals surface area contributed by atoms with Gasteiger partial charge in [0.05, 0.1) is 5.52 Å². The minimum atomic E-state index is -0.472. The second-order valence-electron chi connectivity index (χ2n) is 6.62. The molecule has 0 bridgehead atoms. The highest BCUT2D eigenvalue weighted by molar-refractivity contribution is 14.1. The fourth-order valence-corrected chi connectivity index (χ4v) is 3.25. The Balaban J connectivity index is 1.62. The molecule has 0 unspecified atom stereocenters. The summed E-state index contributed by atoms with van der Waals surface area (Å²) >= 11 is 2.35. The Labute approximate surface area is 174 Å². The summed E-state index contributed by atoms with van der Waals surface area (Å²) in [5.74, 6) is 0.715. The van der Waals surface area contributed by atoms with E-state index in [4.69, 9.17) is 4.42 Å². The molecule has 142 valence electrons. The molecule has 2 heterocycles. The van der Waals surface area contributed by atoms with Gasteiger partial charge in [0.1, 0.15) is 5.82 Å². The van der Waals surface area contributed by atoms with Gasteiger partial charge in [0.15, 0.2) is 5.58 Å². The van der Waals surface area contributed by atoms with E-state index >= 15 is 0 Å². The number of aryl methyl sites for hydroxylation is 3. The topological polar surface area (TPSA) is 95.8 Å². The number of aromatic nitrogens is 3. The van der Waals surface area contributed by atoms with E-state index in [0.29, 0.717) is 22.9 Å². The van der Waals surface area contributed by atoms with E-state index in [9.17, 15) is 4.79 Å². The van der Waals surface area contributed by atoms with Crippen molar-refractivity contribution in [3.63, 3.8) is 0 Å². The van der Waals surface area contributed by atoms with Crippen molar-refractivity contribution in [2.24, 2.45) is 0 Å². The number of nitrogens with one attached hydrogen (secondary N) is 3. The molecular weight excluding hydrogens is 469 g/mol. The molecule has 8 heteroatoms. The number of halogens is 1. The zero-order chi connectivity index (χ0) is 19.8. The fraction of sp³-hybridized carbons (Fsp3) is 0.150. The minimum Gasteiger partial charge on any atom is -0.408 e. The number of anilines is 4. The third-order valence-corrected chi connectivity index (χ3v) is 6.05. The van der Waals surface area contributed by atoms with E-state index in [1.165, 1.54) is 14.7 Å². The highest BCUT2D eigenvalue weighted by atomic mass is 127. The van der Waals surface area contributed by atoms with Crippen LogP contribution in [0.2, 0.25) is 0 Å². The van der Waals surface area contributed by atoms with Crippen LogP contribution in [0.3, 0.4) is 0 Å². The Hall–Kier alpha value is -2.88. The molecular formula is C20H18IN5O2. The first kappa shape index (κ1) is 18.5. The number of aromatic amines is 1. The first-order chi connectivity index (χ1) is 13.4. The number of H-pyrrole nitrogens is 1. The van der Waals surface area contributed by atoms with Gasteiger partial charge in [-0.05, 0) is 84.8 Å². The Morgan fingerprint density at radius 1 is 1.00 bits per heavy atom. The summed E-state index contributed by atoms with van der Waals surface area (Å²) in [5, 5.41) is 6.55. The molecule has 0 fully saturated rings. The van der Waals surface area contributed by atoms with Crippen molar-refractivity contribution in [1.82, 2.24) is 15.0 Å². The second kappa shape index (κ2) is 7.27. The molecule has 4 rings (SSSR count).